The number of benzene rings is 6. The molecule has 3 aromatic heterocycles. The number of ether oxygens (including phenoxy) is 4. The van der Waals surface area contributed by atoms with Crippen LogP contribution in [0.5, 0.6) is 0 Å². The number of aromatic nitrogens is 6. The molecule has 561 valence electrons. The van der Waals surface area contributed by atoms with Gasteiger partial charge in [0.25, 0.3) is 13.3 Å². The van der Waals surface area contributed by atoms with Crippen LogP contribution in [0, 0.1) is 27.7 Å². The zero-order chi connectivity index (χ0) is 75.4. The quantitative estimate of drug-likeness (QED) is 0.0195. The summed E-state index contributed by atoms with van der Waals surface area (Å²) < 4.78 is 28.3. The molecule has 0 spiro atoms. The third-order valence-electron chi connectivity index (χ3n) is 21.3. The summed E-state index contributed by atoms with van der Waals surface area (Å²) in [4.78, 5) is 58.1. The minimum atomic E-state index is -1.17. The van der Waals surface area contributed by atoms with Gasteiger partial charge in [0.05, 0.1) is 50.0 Å². The van der Waals surface area contributed by atoms with Crippen molar-refractivity contribution >= 4 is 58.8 Å². The minimum absolute atomic E-state index is 0.0832. The number of carbonyl (C=O) groups is 4. The predicted molar refractivity (Wildman–Crippen MR) is 432 cm³/mol. The molecule has 23 heteroatoms. The molecular weight excluding hydrogens is 1370 g/mol. The second-order valence-electron chi connectivity index (χ2n) is 31.4. The average Bonchev–Trinajstić information content (AvgIpc) is 1.70. The standard InChI is InChI=1S/C44H55N7O4Si.C40H51BN5O4Si/c1-30-41(31(2)51(48-30)29-55-25-26-56(4,5)6)35-13-16-37(17-14-35)46-44(53)42(47-43(52)40-19-20-45-49(40)3)38-18-15-34-11-12-36(27-39(34)38)33-9-7-32(8-10-33)28-50-21-23-54-24-22-50;1-28-38(29(2)46(44-28)27-50-22-23-51(3,4)5)33-12-15-35(16-13-33)42-40(48)39(43-41-26-47)36-17-14-32-10-11-34(24-37(32)36)31-8-6-30(7-9-31)25-45-18-20-49-21-19-45/h7-14,16-17,19-20,27,38,42H,15,18,21-26,28-29H2,1-6H3,(H,46,53)(H,47,52);6-13,15-16,24,26,36,39,43H,14,17-23,25,27H2,1-5H3,(H,42,48)/t38-,42+;36-,39+/m11/s1. The Bertz CT molecular complexity index is 4520. The van der Waals surface area contributed by atoms with Crippen LogP contribution in [-0.4, -0.2) is 165 Å². The summed E-state index contributed by atoms with van der Waals surface area (Å²) in [5, 5.41) is 26.2. The Balaban J connectivity index is 0.000000201. The van der Waals surface area contributed by atoms with Crippen LogP contribution in [0.1, 0.15) is 91.3 Å². The summed E-state index contributed by atoms with van der Waals surface area (Å²) >= 11 is 0. The summed E-state index contributed by atoms with van der Waals surface area (Å²) in [7, 11) is 0.732. The zero-order valence-electron chi connectivity index (χ0n) is 64.3. The van der Waals surface area contributed by atoms with Crippen LogP contribution >= 0.6 is 0 Å². The number of amides is 3. The van der Waals surface area contributed by atoms with Crippen LogP contribution < -0.4 is 21.2 Å². The van der Waals surface area contributed by atoms with Crippen molar-refractivity contribution in [2.75, 3.05) is 76.5 Å². The number of nitrogens with one attached hydrogen (secondary N) is 4. The summed E-state index contributed by atoms with van der Waals surface area (Å²) in [6, 6.07) is 48.9. The van der Waals surface area contributed by atoms with E-state index in [2.05, 4.69) is 174 Å². The van der Waals surface area contributed by atoms with Crippen molar-refractivity contribution in [2.45, 2.75) is 155 Å². The molecule has 2 aliphatic heterocycles. The van der Waals surface area contributed by atoms with E-state index in [-0.39, 0.29) is 29.6 Å². The normalized spacial score (nSPS) is 16.6. The maximum Gasteiger partial charge on any atom is 0.291 e. The maximum absolute atomic E-state index is 14.3. The smallest absolute Gasteiger partial charge is 0.291 e. The van der Waals surface area contributed by atoms with Crippen LogP contribution in [0.2, 0.25) is 51.4 Å². The van der Waals surface area contributed by atoms with Crippen molar-refractivity contribution in [3.05, 3.63) is 208 Å². The van der Waals surface area contributed by atoms with Gasteiger partial charge in [0.1, 0.15) is 25.2 Å². The number of rotatable bonds is 29. The van der Waals surface area contributed by atoms with Gasteiger partial charge in [-0.1, -0.05) is 148 Å². The molecule has 3 amide bonds. The first-order valence-corrected chi connectivity index (χ1v) is 45.4. The Morgan fingerprint density at radius 1 is 0.551 bits per heavy atom. The van der Waals surface area contributed by atoms with Crippen molar-refractivity contribution < 1.29 is 38.1 Å². The van der Waals surface area contributed by atoms with Gasteiger partial charge in [-0.3, -0.25) is 28.9 Å². The van der Waals surface area contributed by atoms with Crippen molar-refractivity contribution in [3.8, 4) is 44.5 Å². The van der Waals surface area contributed by atoms with Crippen LogP contribution in [0.4, 0.5) is 11.4 Å². The van der Waals surface area contributed by atoms with Gasteiger partial charge in [-0.05, 0) is 163 Å². The lowest BCUT2D eigenvalue weighted by molar-refractivity contribution is -0.119. The Labute approximate surface area is 634 Å². The van der Waals surface area contributed by atoms with Crippen LogP contribution in [0.15, 0.2) is 146 Å². The highest BCUT2D eigenvalue weighted by Gasteiger charge is 2.38. The first-order valence-electron chi connectivity index (χ1n) is 38.0. The highest BCUT2D eigenvalue weighted by Crippen LogP contribution is 2.41. The van der Waals surface area contributed by atoms with E-state index in [9.17, 15) is 19.2 Å². The fourth-order valence-corrected chi connectivity index (χ4v) is 16.6. The van der Waals surface area contributed by atoms with Crippen LogP contribution in [0.25, 0.3) is 44.5 Å². The molecule has 1 radical (unpaired) electrons. The third-order valence-corrected chi connectivity index (χ3v) is 24.7. The first kappa shape index (κ1) is 77.9. The molecule has 4 atom stereocenters. The Morgan fingerprint density at radius 3 is 1.37 bits per heavy atom. The summed E-state index contributed by atoms with van der Waals surface area (Å²) in [5.41, 5.74) is 21.6. The first-order chi connectivity index (χ1) is 51.5. The summed E-state index contributed by atoms with van der Waals surface area (Å²) in [6.45, 7) is 33.4. The van der Waals surface area contributed by atoms with E-state index < -0.39 is 28.2 Å². The Kier molecular flexibility index (Phi) is 25.8. The third kappa shape index (κ3) is 20.2. The number of hydrogen-bond donors (Lipinski definition) is 4. The van der Waals surface area contributed by atoms with Crippen LogP contribution in [0.3, 0.4) is 0 Å². The molecular formula is C84H106BN12O8Si2. The van der Waals surface area contributed by atoms with Gasteiger partial charge in [0.15, 0.2) is 0 Å². The molecule has 107 heavy (non-hydrogen) atoms. The molecule has 0 saturated carbocycles. The highest BCUT2D eigenvalue weighted by atomic mass is 28.3. The molecule has 13 rings (SSSR count). The van der Waals surface area contributed by atoms with E-state index in [0.29, 0.717) is 36.7 Å². The molecule has 2 saturated heterocycles. The minimum Gasteiger partial charge on any atom is -0.379 e. The van der Waals surface area contributed by atoms with Crippen molar-refractivity contribution in [2.24, 2.45) is 7.05 Å². The van der Waals surface area contributed by atoms with Gasteiger partial charge in [0.2, 0.25) is 11.8 Å². The molecule has 0 unspecified atom stereocenters. The number of aryl methyl sites for hydroxylation is 5. The molecule has 9 aromatic rings. The van der Waals surface area contributed by atoms with Crippen LogP contribution in [-0.2, 0) is 79.8 Å². The molecule has 5 heterocycles. The van der Waals surface area contributed by atoms with E-state index in [0.717, 1.165) is 195 Å². The SMILES string of the molecule is Cc1nn(COCC[Si](C)(C)C)c(C)c1-c1ccc(NC(=O)[C@@H](NC(=O)c2ccnn2C)[C@@H]2CCc3ccc(-c4ccc(CN5CCOCC5)cc4)cc32)cc1.Cc1nn(COCC[Si](C)(C)C)c(C)c1-c1ccc(NC(=O)[C@@H](N[B]C=O)[C@@H]2CCc3ccc(-c4ccc(CN5CCOCC5)cc4)cc32)cc1. The number of nitrogens with zero attached hydrogens (tertiary/aromatic N) is 8. The fraction of sp³-hybridized carbons (Fsp3) is 0.417. The van der Waals surface area contributed by atoms with Gasteiger partial charge in [-0.15, -0.1) is 0 Å². The lowest BCUT2D eigenvalue weighted by Crippen LogP contribution is -2.47. The second-order valence-corrected chi connectivity index (χ2v) is 42.7. The topological polar surface area (TPSA) is 213 Å². The maximum atomic E-state index is 14.3. The van der Waals surface area contributed by atoms with E-state index in [1.54, 1.807) is 19.3 Å². The van der Waals surface area contributed by atoms with E-state index in [4.69, 9.17) is 29.1 Å². The number of fused-ring (bicyclic) bond motifs is 2. The van der Waals surface area contributed by atoms with Crippen molar-refractivity contribution in [1.82, 2.24) is 49.7 Å². The second kappa shape index (κ2) is 35.5. The molecule has 4 aliphatic rings. The van der Waals surface area contributed by atoms with Gasteiger partial charge in [-0.2, -0.15) is 15.3 Å². The number of anilines is 2. The van der Waals surface area contributed by atoms with Gasteiger partial charge in [0, 0.05) is 128 Å². The molecule has 0 bridgehead atoms. The monoisotopic (exact) mass is 1480 g/mol. The number of carbonyl (C=O) groups excluding carboxylic acids is 4. The Hall–Kier alpha value is -8.75. The highest BCUT2D eigenvalue weighted by molar-refractivity contribution is 6.76. The fourth-order valence-electron chi connectivity index (χ4n) is 15.1. The molecule has 20 nitrogen and oxygen atoms in total. The summed E-state index contributed by atoms with van der Waals surface area (Å²) in [6.07, 6.45) is 5.55. The molecule has 6 aromatic carbocycles. The van der Waals surface area contributed by atoms with Crippen molar-refractivity contribution in [3.63, 3.8) is 0 Å². The van der Waals surface area contributed by atoms with E-state index >= 15 is 0 Å². The van der Waals surface area contributed by atoms with Gasteiger partial charge in [-0.25, -0.2) is 9.36 Å². The van der Waals surface area contributed by atoms with E-state index in [1.165, 1.54) is 34.4 Å². The van der Waals surface area contributed by atoms with E-state index in [1.807, 2.05) is 71.7 Å². The van der Waals surface area contributed by atoms with Gasteiger partial charge < -0.3 is 44.9 Å². The largest absolute Gasteiger partial charge is 0.379 e. The lowest BCUT2D eigenvalue weighted by atomic mass is 9.86. The molecule has 2 aliphatic carbocycles. The number of hydrogen-bond acceptors (Lipinski definition) is 14. The average molecular weight is 1480 g/mol. The van der Waals surface area contributed by atoms with Gasteiger partial charge >= 0.3 is 0 Å². The molecule has 2 fully saturated rings. The summed E-state index contributed by atoms with van der Waals surface area (Å²) in [5.74, 6) is -1.08. The Morgan fingerprint density at radius 2 is 0.963 bits per heavy atom. The zero-order valence-corrected chi connectivity index (χ0v) is 66.3. The van der Waals surface area contributed by atoms with Crippen molar-refractivity contribution in [1.29, 1.82) is 0 Å². The predicted octanol–water partition coefficient (Wildman–Crippen LogP) is 13.6. The number of morpholine rings is 2. The lowest BCUT2D eigenvalue weighted by Gasteiger charge is -2.26. The molecule has 4 N–H and O–H groups in total.